The van der Waals surface area contributed by atoms with Gasteiger partial charge in [-0.05, 0) is 0 Å². The highest BCUT2D eigenvalue weighted by Crippen LogP contribution is 2.40. The van der Waals surface area contributed by atoms with E-state index >= 15 is 0 Å². The number of nitrogens with zero attached hydrogens (tertiary/aromatic N) is 1. The van der Waals surface area contributed by atoms with Crippen LogP contribution in [0.2, 0.25) is 0 Å². The van der Waals surface area contributed by atoms with Gasteiger partial charge >= 0.3 is 18.5 Å². The van der Waals surface area contributed by atoms with Gasteiger partial charge in [0.05, 0.1) is 5.56 Å². The van der Waals surface area contributed by atoms with Crippen molar-refractivity contribution >= 4 is 21.9 Å². The molecule has 1 aromatic heterocycles. The minimum Gasteiger partial charge on any atom is -0.478 e. The minimum atomic E-state index is -5.42. The van der Waals surface area contributed by atoms with Crippen molar-refractivity contribution in [3.63, 3.8) is 0 Å². The van der Waals surface area contributed by atoms with Crippen LogP contribution in [0.3, 0.4) is 0 Å². The lowest BCUT2D eigenvalue weighted by molar-refractivity contribution is -0.276. The van der Waals surface area contributed by atoms with Crippen LogP contribution in [0.5, 0.6) is 5.75 Å². The average molecular weight is 368 g/mol. The van der Waals surface area contributed by atoms with Gasteiger partial charge in [0, 0.05) is 17.1 Å². The lowest BCUT2D eigenvalue weighted by Gasteiger charge is -2.18. The molecule has 0 aliphatic rings. The lowest BCUT2D eigenvalue weighted by atomic mass is 10.1. The molecule has 20 heavy (non-hydrogen) atoms. The van der Waals surface area contributed by atoms with E-state index in [0.717, 1.165) is 0 Å². The summed E-state index contributed by atoms with van der Waals surface area (Å²) in [4.78, 5) is 13.5. The van der Waals surface area contributed by atoms with Crippen molar-refractivity contribution in [2.45, 2.75) is 17.9 Å². The number of alkyl halides is 7. The zero-order valence-corrected chi connectivity index (χ0v) is 10.7. The maximum absolute atomic E-state index is 12.6. The van der Waals surface area contributed by atoms with Crippen molar-refractivity contribution < 1.29 is 41.0 Å². The van der Waals surface area contributed by atoms with Gasteiger partial charge in [0.2, 0.25) is 0 Å². The van der Waals surface area contributed by atoms with Gasteiger partial charge in [0.15, 0.2) is 11.4 Å². The first-order chi connectivity index (χ1) is 8.97. The fraction of sp³-hybridized carbons (Fsp3) is 0.333. The first-order valence-electron chi connectivity index (χ1n) is 4.61. The van der Waals surface area contributed by atoms with Crippen LogP contribution in [0.15, 0.2) is 6.20 Å². The van der Waals surface area contributed by atoms with Gasteiger partial charge in [-0.1, -0.05) is 15.9 Å². The third-order valence-corrected chi connectivity index (χ3v) is 2.55. The highest BCUT2D eigenvalue weighted by molar-refractivity contribution is 9.08. The summed E-state index contributed by atoms with van der Waals surface area (Å²) in [5, 5.41) is 8.14. The van der Waals surface area contributed by atoms with Gasteiger partial charge in [-0.15, -0.1) is 13.2 Å². The van der Waals surface area contributed by atoms with Gasteiger partial charge in [-0.3, -0.25) is 0 Å². The number of hydrogen-bond acceptors (Lipinski definition) is 3. The molecule has 0 aliphatic carbocycles. The normalized spacial score (nSPS) is 12.3. The van der Waals surface area contributed by atoms with Gasteiger partial charge in [0.1, 0.15) is 0 Å². The molecule has 112 valence electrons. The largest absolute Gasteiger partial charge is 0.573 e. The number of carbonyl (C=O) groups is 1. The van der Waals surface area contributed by atoms with E-state index in [1.54, 1.807) is 0 Å². The molecular weight excluding hydrogens is 364 g/mol. The summed E-state index contributed by atoms with van der Waals surface area (Å²) in [6.45, 7) is 0. The SMILES string of the molecule is O=C(O)c1cnc(C(F)(F)F)c(OC(F)(F)F)c1CBr. The summed E-state index contributed by atoms with van der Waals surface area (Å²) in [7, 11) is 0. The Kier molecular flexibility index (Phi) is 4.52. The number of ether oxygens (including phenoxy) is 1. The van der Waals surface area contributed by atoms with Gasteiger partial charge in [-0.25, -0.2) is 9.78 Å². The van der Waals surface area contributed by atoms with E-state index in [1.807, 2.05) is 0 Å². The molecule has 0 aromatic carbocycles. The summed E-state index contributed by atoms with van der Waals surface area (Å²) < 4.78 is 77.6. The van der Waals surface area contributed by atoms with Crippen molar-refractivity contribution in [1.29, 1.82) is 0 Å². The number of rotatable bonds is 3. The number of aromatic carboxylic acids is 1. The van der Waals surface area contributed by atoms with Gasteiger partial charge in [0.25, 0.3) is 0 Å². The standard InChI is InChI=1S/C9H4BrF6NO3/c10-1-3-4(7(18)19)2-17-6(8(11,12)13)5(3)20-9(14,15)16/h2H,1H2,(H,18,19). The second kappa shape index (κ2) is 5.46. The molecule has 4 nitrogen and oxygen atoms in total. The molecule has 0 saturated carbocycles. The van der Waals surface area contributed by atoms with Crippen LogP contribution in [0.1, 0.15) is 21.6 Å². The Balaban J connectivity index is 3.60. The molecule has 1 aromatic rings. The summed E-state index contributed by atoms with van der Waals surface area (Å²) in [5.41, 5.74) is -3.58. The number of hydrogen-bond donors (Lipinski definition) is 1. The topological polar surface area (TPSA) is 59.4 Å². The predicted molar refractivity (Wildman–Crippen MR) is 55.5 cm³/mol. The van der Waals surface area contributed by atoms with E-state index < -0.39 is 46.4 Å². The fourth-order valence-corrected chi connectivity index (χ4v) is 1.83. The highest BCUT2D eigenvalue weighted by Gasteiger charge is 2.43. The Labute approximate surface area is 115 Å². The maximum Gasteiger partial charge on any atom is 0.573 e. The molecule has 1 heterocycles. The second-order valence-electron chi connectivity index (χ2n) is 3.31. The lowest BCUT2D eigenvalue weighted by Crippen LogP contribution is -2.23. The predicted octanol–water partition coefficient (Wildman–Crippen LogP) is 3.59. The molecule has 0 atom stereocenters. The molecule has 0 saturated heterocycles. The number of halogens is 7. The van der Waals surface area contributed by atoms with Crippen molar-refractivity contribution in [3.05, 3.63) is 23.0 Å². The first-order valence-corrected chi connectivity index (χ1v) is 5.73. The van der Waals surface area contributed by atoms with E-state index in [4.69, 9.17) is 5.11 Å². The summed E-state index contributed by atoms with van der Waals surface area (Å²) in [6.07, 6.45) is -10.3. The molecule has 0 amide bonds. The van der Waals surface area contributed by atoms with E-state index in [9.17, 15) is 31.1 Å². The molecule has 0 bridgehead atoms. The minimum absolute atomic E-state index is 0.324. The van der Waals surface area contributed by atoms with Crippen LogP contribution in [0.25, 0.3) is 0 Å². The quantitative estimate of drug-likeness (QED) is 0.655. The van der Waals surface area contributed by atoms with Crippen molar-refractivity contribution in [1.82, 2.24) is 4.98 Å². The Hall–Kier alpha value is -1.52. The van der Waals surface area contributed by atoms with E-state index in [0.29, 0.717) is 6.20 Å². The fourth-order valence-electron chi connectivity index (χ4n) is 1.28. The van der Waals surface area contributed by atoms with Crippen LogP contribution in [-0.2, 0) is 11.5 Å². The number of aromatic nitrogens is 1. The Morgan fingerprint density at radius 3 is 2.20 bits per heavy atom. The number of carboxylic acid groups (broad SMARTS) is 1. The van der Waals surface area contributed by atoms with E-state index in [2.05, 4.69) is 25.7 Å². The van der Waals surface area contributed by atoms with Crippen LogP contribution in [0, 0.1) is 0 Å². The average Bonchev–Trinajstić information content (AvgIpc) is 2.24. The van der Waals surface area contributed by atoms with Crippen LogP contribution < -0.4 is 4.74 Å². The van der Waals surface area contributed by atoms with Crippen LogP contribution >= 0.6 is 15.9 Å². The molecule has 0 unspecified atom stereocenters. The number of pyridine rings is 1. The number of carboxylic acids is 1. The van der Waals surface area contributed by atoms with Crippen molar-refractivity contribution in [2.24, 2.45) is 0 Å². The Bertz CT molecular complexity index is 528. The van der Waals surface area contributed by atoms with Gasteiger partial charge < -0.3 is 9.84 Å². The monoisotopic (exact) mass is 367 g/mol. The molecule has 1 rings (SSSR count). The zero-order chi connectivity index (χ0) is 15.7. The molecule has 0 spiro atoms. The summed E-state index contributed by atoms with van der Waals surface area (Å²) >= 11 is 2.63. The highest BCUT2D eigenvalue weighted by atomic mass is 79.9. The van der Waals surface area contributed by atoms with E-state index in [1.165, 1.54) is 0 Å². The first kappa shape index (κ1) is 16.5. The summed E-state index contributed by atoms with van der Waals surface area (Å²) in [6, 6.07) is 0. The Morgan fingerprint density at radius 2 is 1.85 bits per heavy atom. The van der Waals surface area contributed by atoms with Crippen molar-refractivity contribution in [2.75, 3.05) is 0 Å². The van der Waals surface area contributed by atoms with Crippen LogP contribution in [0.4, 0.5) is 26.3 Å². The molecule has 11 heteroatoms. The maximum atomic E-state index is 12.6. The molecule has 0 fully saturated rings. The van der Waals surface area contributed by atoms with Crippen LogP contribution in [-0.4, -0.2) is 22.4 Å². The van der Waals surface area contributed by atoms with E-state index in [-0.39, 0.29) is 0 Å². The summed E-state index contributed by atoms with van der Waals surface area (Å²) in [5.74, 6) is -3.41. The third-order valence-electron chi connectivity index (χ3n) is 1.99. The molecule has 1 N–H and O–H groups in total. The second-order valence-corrected chi connectivity index (χ2v) is 3.87. The third kappa shape index (κ3) is 3.74. The molecule has 0 aliphatic heterocycles. The molecular formula is C9H4BrF6NO3. The van der Waals surface area contributed by atoms with Crippen molar-refractivity contribution in [3.8, 4) is 5.75 Å². The Morgan fingerprint density at radius 1 is 1.30 bits per heavy atom. The smallest absolute Gasteiger partial charge is 0.478 e. The van der Waals surface area contributed by atoms with Gasteiger partial charge in [-0.2, -0.15) is 13.2 Å². The molecule has 0 radical (unpaired) electrons. The zero-order valence-electron chi connectivity index (χ0n) is 9.14.